The summed E-state index contributed by atoms with van der Waals surface area (Å²) in [6.07, 6.45) is 12.7. The van der Waals surface area contributed by atoms with Crippen molar-refractivity contribution in [3.05, 3.63) is 70.3 Å². The average molecular weight is 359 g/mol. The van der Waals surface area contributed by atoms with Crippen molar-refractivity contribution in [2.75, 3.05) is 0 Å². The molecule has 0 bridgehead atoms. The molecule has 0 unspecified atom stereocenters. The molecule has 0 aliphatic heterocycles. The predicted octanol–water partition coefficient (Wildman–Crippen LogP) is 7.22. The highest BCUT2D eigenvalue weighted by atomic mass is 14.5. The zero-order valence-corrected chi connectivity index (χ0v) is 17.1. The molecule has 0 amide bonds. The topological polar surface area (TPSA) is 0 Å². The highest BCUT2D eigenvalue weighted by Gasteiger charge is 2.50. The van der Waals surface area contributed by atoms with Gasteiger partial charge in [-0.25, -0.2) is 0 Å². The van der Waals surface area contributed by atoms with Gasteiger partial charge in [-0.15, -0.1) is 0 Å². The Labute approximate surface area is 165 Å². The lowest BCUT2D eigenvalue weighted by Gasteiger charge is -2.56. The van der Waals surface area contributed by atoms with Crippen molar-refractivity contribution in [3.8, 4) is 0 Å². The second-order valence-electron chi connectivity index (χ2n) is 9.87. The van der Waals surface area contributed by atoms with Gasteiger partial charge < -0.3 is 0 Å². The zero-order chi connectivity index (χ0) is 18.4. The maximum absolute atomic E-state index is 2.66. The van der Waals surface area contributed by atoms with Gasteiger partial charge >= 0.3 is 0 Å². The van der Waals surface area contributed by atoms with E-state index in [9.17, 15) is 0 Å². The second kappa shape index (κ2) is 6.80. The molecule has 0 nitrogen and oxygen atoms in total. The number of hydrogen-bond donors (Lipinski definition) is 0. The van der Waals surface area contributed by atoms with E-state index < -0.39 is 0 Å². The van der Waals surface area contributed by atoms with Crippen LogP contribution in [0.5, 0.6) is 0 Å². The molecular formula is C27H34. The van der Waals surface area contributed by atoms with Gasteiger partial charge in [0.05, 0.1) is 0 Å². The lowest BCUT2D eigenvalue weighted by atomic mass is 9.49. The summed E-state index contributed by atoms with van der Waals surface area (Å²) < 4.78 is 0. The lowest BCUT2D eigenvalue weighted by Crippen LogP contribution is -2.46. The van der Waals surface area contributed by atoms with E-state index in [1.165, 1.54) is 62.5 Å². The molecule has 5 rings (SSSR count). The fourth-order valence-corrected chi connectivity index (χ4v) is 7.15. The third-order valence-corrected chi connectivity index (χ3v) is 8.64. The summed E-state index contributed by atoms with van der Waals surface area (Å²) in [4.78, 5) is 0. The minimum Gasteiger partial charge on any atom is -0.0622 e. The van der Waals surface area contributed by atoms with E-state index in [1.807, 2.05) is 0 Å². The first kappa shape index (κ1) is 17.5. The molecule has 142 valence electrons. The largest absolute Gasteiger partial charge is 0.0622 e. The number of aryl methyl sites for hydroxylation is 1. The number of hydrogen-bond acceptors (Lipinski definition) is 0. The lowest BCUT2D eigenvalue weighted by molar-refractivity contribution is -0.0204. The zero-order valence-electron chi connectivity index (χ0n) is 17.1. The highest BCUT2D eigenvalue weighted by Crippen LogP contribution is 2.61. The summed E-state index contributed by atoms with van der Waals surface area (Å²) in [5, 5.41) is 0. The number of fused-ring (bicyclic) bond motifs is 5. The van der Waals surface area contributed by atoms with E-state index >= 15 is 0 Å². The van der Waals surface area contributed by atoms with Crippen molar-refractivity contribution in [2.24, 2.45) is 17.3 Å². The van der Waals surface area contributed by atoms with Crippen LogP contribution in [0.1, 0.15) is 85.6 Å². The van der Waals surface area contributed by atoms with Gasteiger partial charge in [-0.05, 0) is 103 Å². The van der Waals surface area contributed by atoms with Crippen molar-refractivity contribution in [2.45, 2.75) is 77.6 Å². The first-order valence-corrected chi connectivity index (χ1v) is 11.3. The standard InChI is InChI=1S/C27H34/c1-19-11-13-22-23(25(19)18-20-8-4-3-5-9-20)15-16-26-24(22)14-12-21-10-6-7-17-27(21,26)2/h3-5,8-9,11,13,21,24,26H,6-7,10,12,14-18H2,1-2H3/t21-,24-,26-,27-/m1/s1. The Kier molecular flexibility index (Phi) is 4.42. The first-order chi connectivity index (χ1) is 13.2. The maximum atomic E-state index is 2.66. The molecular weight excluding hydrogens is 324 g/mol. The molecule has 0 spiro atoms. The summed E-state index contributed by atoms with van der Waals surface area (Å²) in [5.41, 5.74) is 8.65. The normalized spacial score (nSPS) is 32.3. The van der Waals surface area contributed by atoms with Gasteiger partial charge in [0.1, 0.15) is 0 Å². The smallest absolute Gasteiger partial charge is 0.00203 e. The molecule has 0 saturated heterocycles. The molecule has 0 radical (unpaired) electrons. The summed E-state index contributed by atoms with van der Waals surface area (Å²) in [6, 6.07) is 16.0. The predicted molar refractivity (Wildman–Crippen MR) is 114 cm³/mol. The molecule has 2 aromatic rings. The van der Waals surface area contributed by atoms with Crippen LogP contribution in [0.15, 0.2) is 42.5 Å². The fraction of sp³-hybridized carbons (Fsp3) is 0.556. The Hall–Kier alpha value is -1.56. The molecule has 2 fully saturated rings. The first-order valence-electron chi connectivity index (χ1n) is 11.3. The van der Waals surface area contributed by atoms with E-state index in [4.69, 9.17) is 0 Å². The van der Waals surface area contributed by atoms with Crippen LogP contribution in [0.4, 0.5) is 0 Å². The monoisotopic (exact) mass is 358 g/mol. The summed E-state index contributed by atoms with van der Waals surface area (Å²) >= 11 is 0. The van der Waals surface area contributed by atoms with E-state index in [0.717, 1.165) is 24.2 Å². The molecule has 4 atom stereocenters. The Balaban J connectivity index is 1.52. The van der Waals surface area contributed by atoms with Crippen LogP contribution in [-0.2, 0) is 12.8 Å². The van der Waals surface area contributed by atoms with E-state index in [0.29, 0.717) is 5.41 Å². The third-order valence-electron chi connectivity index (χ3n) is 8.64. The van der Waals surface area contributed by atoms with Crippen LogP contribution in [0.2, 0.25) is 0 Å². The van der Waals surface area contributed by atoms with Gasteiger partial charge in [0.2, 0.25) is 0 Å². The van der Waals surface area contributed by atoms with E-state index in [1.54, 1.807) is 16.7 Å². The Morgan fingerprint density at radius 2 is 1.78 bits per heavy atom. The Morgan fingerprint density at radius 3 is 2.63 bits per heavy atom. The third kappa shape index (κ3) is 2.87. The second-order valence-corrected chi connectivity index (χ2v) is 9.87. The molecule has 3 aliphatic carbocycles. The van der Waals surface area contributed by atoms with Gasteiger partial charge in [0.15, 0.2) is 0 Å². The number of rotatable bonds is 2. The minimum atomic E-state index is 0.614. The molecule has 2 saturated carbocycles. The van der Waals surface area contributed by atoms with Crippen LogP contribution in [0.3, 0.4) is 0 Å². The fourth-order valence-electron chi connectivity index (χ4n) is 7.15. The van der Waals surface area contributed by atoms with Crippen molar-refractivity contribution in [3.63, 3.8) is 0 Å². The Bertz CT molecular complexity index is 817. The molecule has 0 heterocycles. The molecule has 3 aliphatic rings. The summed E-state index contributed by atoms with van der Waals surface area (Å²) in [6.45, 7) is 4.99. The van der Waals surface area contributed by atoms with Crippen molar-refractivity contribution in [1.29, 1.82) is 0 Å². The Morgan fingerprint density at radius 1 is 0.926 bits per heavy atom. The van der Waals surface area contributed by atoms with Gasteiger partial charge in [0.25, 0.3) is 0 Å². The van der Waals surface area contributed by atoms with Crippen LogP contribution < -0.4 is 0 Å². The quantitative estimate of drug-likeness (QED) is 0.531. The van der Waals surface area contributed by atoms with Crippen LogP contribution >= 0.6 is 0 Å². The van der Waals surface area contributed by atoms with Crippen molar-refractivity contribution in [1.82, 2.24) is 0 Å². The number of benzene rings is 2. The summed E-state index contributed by atoms with van der Waals surface area (Å²) in [7, 11) is 0. The van der Waals surface area contributed by atoms with Gasteiger partial charge in [0, 0.05) is 0 Å². The van der Waals surface area contributed by atoms with Gasteiger partial charge in [-0.1, -0.05) is 62.2 Å². The van der Waals surface area contributed by atoms with Crippen molar-refractivity contribution < 1.29 is 0 Å². The minimum absolute atomic E-state index is 0.614. The molecule has 27 heavy (non-hydrogen) atoms. The SMILES string of the molecule is Cc1ccc2c(c1Cc1ccccc1)CC[C@@H]1[C@@H]2CC[C@H]2CCCC[C@]21C. The average Bonchev–Trinajstić information content (AvgIpc) is 2.70. The molecule has 2 aromatic carbocycles. The van der Waals surface area contributed by atoms with Crippen LogP contribution in [0, 0.1) is 24.2 Å². The summed E-state index contributed by atoms with van der Waals surface area (Å²) in [5.74, 6) is 2.75. The van der Waals surface area contributed by atoms with E-state index in [-0.39, 0.29) is 0 Å². The van der Waals surface area contributed by atoms with Gasteiger partial charge in [-0.2, -0.15) is 0 Å². The van der Waals surface area contributed by atoms with Gasteiger partial charge in [-0.3, -0.25) is 0 Å². The molecule has 0 N–H and O–H groups in total. The maximum Gasteiger partial charge on any atom is -0.00203 e. The van der Waals surface area contributed by atoms with Crippen LogP contribution in [0.25, 0.3) is 0 Å². The molecule has 0 heteroatoms. The van der Waals surface area contributed by atoms with Crippen molar-refractivity contribution >= 4 is 0 Å². The van der Waals surface area contributed by atoms with Crippen LogP contribution in [-0.4, -0.2) is 0 Å². The molecule has 0 aromatic heterocycles. The highest BCUT2D eigenvalue weighted by molar-refractivity contribution is 5.47. The van der Waals surface area contributed by atoms with E-state index in [2.05, 4.69) is 56.3 Å².